The predicted molar refractivity (Wildman–Crippen MR) is 82.2 cm³/mol. The molecule has 21 heavy (non-hydrogen) atoms. The predicted octanol–water partition coefficient (Wildman–Crippen LogP) is 2.77. The quantitative estimate of drug-likeness (QED) is 0.923. The fourth-order valence-corrected chi connectivity index (χ4v) is 2.84. The molecule has 1 saturated carbocycles. The molecule has 0 unspecified atom stereocenters. The molecule has 1 fully saturated rings. The Labute approximate surface area is 129 Å². The normalized spacial score (nSPS) is 17.2. The number of amides is 1. The molecule has 4 nitrogen and oxygen atoms in total. The molecule has 0 saturated heterocycles. The van der Waals surface area contributed by atoms with Crippen LogP contribution in [0.2, 0.25) is 5.02 Å². The van der Waals surface area contributed by atoms with Gasteiger partial charge in [-0.15, -0.1) is 0 Å². The van der Waals surface area contributed by atoms with Crippen molar-refractivity contribution in [1.82, 2.24) is 15.1 Å². The molecule has 1 atom stereocenters. The summed E-state index contributed by atoms with van der Waals surface area (Å²) in [4.78, 5) is 12.6. The number of hydrogen-bond donors (Lipinski definition) is 1. The Kier molecular flexibility index (Phi) is 3.72. The van der Waals surface area contributed by atoms with Crippen LogP contribution in [0.15, 0.2) is 42.7 Å². The van der Waals surface area contributed by atoms with Crippen LogP contribution in [0.5, 0.6) is 0 Å². The average Bonchev–Trinajstić information content (AvgIpc) is 3.12. The number of halogens is 1. The molecule has 1 aromatic carbocycles. The number of aromatic nitrogens is 2. The van der Waals surface area contributed by atoms with E-state index >= 15 is 0 Å². The fourth-order valence-electron chi connectivity index (χ4n) is 2.65. The maximum atomic E-state index is 12.6. The van der Waals surface area contributed by atoms with Crippen molar-refractivity contribution in [2.24, 2.45) is 0 Å². The molecule has 0 aliphatic heterocycles. The highest BCUT2D eigenvalue weighted by Gasteiger charge is 2.51. The minimum Gasteiger partial charge on any atom is -0.351 e. The monoisotopic (exact) mass is 303 g/mol. The van der Waals surface area contributed by atoms with E-state index in [4.69, 9.17) is 11.6 Å². The first kappa shape index (κ1) is 14.1. The third kappa shape index (κ3) is 2.95. The Balaban J connectivity index is 1.67. The lowest BCUT2D eigenvalue weighted by Crippen LogP contribution is -2.42. The highest BCUT2D eigenvalue weighted by molar-refractivity contribution is 6.30. The summed E-state index contributed by atoms with van der Waals surface area (Å²) in [6, 6.07) is 9.53. The zero-order valence-electron chi connectivity index (χ0n) is 11.9. The van der Waals surface area contributed by atoms with Crippen LogP contribution in [-0.4, -0.2) is 21.7 Å². The Hall–Kier alpha value is -1.81. The highest BCUT2D eigenvalue weighted by atomic mass is 35.5. The van der Waals surface area contributed by atoms with Crippen molar-refractivity contribution in [3.8, 4) is 0 Å². The van der Waals surface area contributed by atoms with E-state index in [-0.39, 0.29) is 17.4 Å². The maximum Gasteiger partial charge on any atom is 0.230 e. The van der Waals surface area contributed by atoms with Crippen LogP contribution in [0.25, 0.3) is 0 Å². The van der Waals surface area contributed by atoms with Crippen molar-refractivity contribution in [2.75, 3.05) is 0 Å². The Bertz CT molecular complexity index is 635. The Morgan fingerprint density at radius 2 is 2.29 bits per heavy atom. The van der Waals surface area contributed by atoms with Gasteiger partial charge >= 0.3 is 0 Å². The van der Waals surface area contributed by atoms with E-state index in [1.165, 1.54) is 0 Å². The second-order valence-electron chi connectivity index (χ2n) is 5.70. The summed E-state index contributed by atoms with van der Waals surface area (Å²) in [6.45, 7) is 2.66. The number of nitrogens with zero attached hydrogens (tertiary/aromatic N) is 2. The van der Waals surface area contributed by atoms with Gasteiger partial charge in [-0.2, -0.15) is 5.10 Å². The molecule has 3 rings (SSSR count). The fraction of sp³-hybridized carbons (Fsp3) is 0.375. The number of benzene rings is 1. The Morgan fingerprint density at radius 3 is 2.90 bits per heavy atom. The van der Waals surface area contributed by atoms with Gasteiger partial charge in [0.1, 0.15) is 0 Å². The minimum atomic E-state index is -0.386. The summed E-state index contributed by atoms with van der Waals surface area (Å²) in [7, 11) is 0. The van der Waals surface area contributed by atoms with Crippen LogP contribution in [0, 0.1) is 0 Å². The van der Waals surface area contributed by atoms with Gasteiger partial charge in [0.25, 0.3) is 0 Å². The van der Waals surface area contributed by atoms with Crippen molar-refractivity contribution in [2.45, 2.75) is 37.8 Å². The lowest BCUT2D eigenvalue weighted by molar-refractivity contribution is -0.124. The van der Waals surface area contributed by atoms with Crippen LogP contribution >= 0.6 is 11.6 Å². The van der Waals surface area contributed by atoms with E-state index < -0.39 is 0 Å². The third-order valence-corrected chi connectivity index (χ3v) is 4.19. The molecule has 110 valence electrons. The van der Waals surface area contributed by atoms with Gasteiger partial charge in [-0.05, 0) is 43.5 Å². The number of carbonyl (C=O) groups excluding carboxylic acids is 1. The molecule has 1 amide bonds. The molecule has 5 heteroatoms. The van der Waals surface area contributed by atoms with Crippen molar-refractivity contribution < 1.29 is 4.79 Å². The summed E-state index contributed by atoms with van der Waals surface area (Å²) in [6.07, 6.45) is 5.40. The van der Waals surface area contributed by atoms with Crippen LogP contribution in [-0.2, 0) is 16.8 Å². The first-order valence-electron chi connectivity index (χ1n) is 7.15. The molecule has 1 aliphatic rings. The molecule has 1 aromatic heterocycles. The molecule has 0 radical (unpaired) electrons. The van der Waals surface area contributed by atoms with Crippen LogP contribution in [0.4, 0.5) is 0 Å². The van der Waals surface area contributed by atoms with E-state index in [0.717, 1.165) is 18.4 Å². The SMILES string of the molecule is C[C@H](Cn1cccn1)NC(=O)C1(c2cccc(Cl)c2)CC1. The zero-order chi connectivity index (χ0) is 14.9. The smallest absolute Gasteiger partial charge is 0.230 e. The zero-order valence-corrected chi connectivity index (χ0v) is 12.7. The van der Waals surface area contributed by atoms with E-state index in [9.17, 15) is 4.79 Å². The van der Waals surface area contributed by atoms with Gasteiger partial charge in [0.05, 0.1) is 12.0 Å². The van der Waals surface area contributed by atoms with Crippen LogP contribution < -0.4 is 5.32 Å². The van der Waals surface area contributed by atoms with Crippen molar-refractivity contribution >= 4 is 17.5 Å². The molecule has 1 N–H and O–H groups in total. The van der Waals surface area contributed by atoms with Gasteiger partial charge in [0.15, 0.2) is 0 Å². The summed E-state index contributed by atoms with van der Waals surface area (Å²) in [5.74, 6) is 0.0874. The number of hydrogen-bond acceptors (Lipinski definition) is 2. The second-order valence-corrected chi connectivity index (χ2v) is 6.13. The van der Waals surface area contributed by atoms with Gasteiger partial charge in [0.2, 0.25) is 5.91 Å². The van der Waals surface area contributed by atoms with Gasteiger partial charge < -0.3 is 5.32 Å². The second kappa shape index (κ2) is 5.53. The topological polar surface area (TPSA) is 46.9 Å². The molecular formula is C16H18ClN3O. The summed E-state index contributed by atoms with van der Waals surface area (Å²) in [5, 5.41) is 7.93. The molecule has 0 bridgehead atoms. The molecular weight excluding hydrogens is 286 g/mol. The number of nitrogens with one attached hydrogen (secondary N) is 1. The number of rotatable bonds is 5. The van der Waals surface area contributed by atoms with Gasteiger partial charge in [-0.3, -0.25) is 9.48 Å². The van der Waals surface area contributed by atoms with Crippen LogP contribution in [0.3, 0.4) is 0 Å². The average molecular weight is 304 g/mol. The van der Waals surface area contributed by atoms with Crippen molar-refractivity contribution in [1.29, 1.82) is 0 Å². The van der Waals surface area contributed by atoms with E-state index in [1.807, 2.05) is 48.1 Å². The molecule has 2 aromatic rings. The minimum absolute atomic E-state index is 0.0362. The van der Waals surface area contributed by atoms with E-state index in [2.05, 4.69) is 10.4 Å². The number of carbonyl (C=O) groups is 1. The molecule has 1 heterocycles. The maximum absolute atomic E-state index is 12.6. The van der Waals surface area contributed by atoms with Gasteiger partial charge in [-0.25, -0.2) is 0 Å². The lowest BCUT2D eigenvalue weighted by atomic mass is 9.94. The van der Waals surface area contributed by atoms with Crippen LogP contribution in [0.1, 0.15) is 25.3 Å². The third-order valence-electron chi connectivity index (χ3n) is 3.96. The lowest BCUT2D eigenvalue weighted by Gasteiger charge is -2.20. The van der Waals surface area contributed by atoms with E-state index in [0.29, 0.717) is 11.6 Å². The van der Waals surface area contributed by atoms with Crippen molar-refractivity contribution in [3.63, 3.8) is 0 Å². The largest absolute Gasteiger partial charge is 0.351 e. The first-order chi connectivity index (χ1) is 10.1. The van der Waals surface area contributed by atoms with Gasteiger partial charge in [0, 0.05) is 23.5 Å². The summed E-state index contributed by atoms with van der Waals surface area (Å²) < 4.78 is 1.82. The highest BCUT2D eigenvalue weighted by Crippen LogP contribution is 2.48. The van der Waals surface area contributed by atoms with E-state index in [1.54, 1.807) is 6.20 Å². The first-order valence-corrected chi connectivity index (χ1v) is 7.52. The standard InChI is InChI=1S/C16H18ClN3O/c1-12(11-20-9-3-8-18-20)19-15(21)16(6-7-16)13-4-2-5-14(17)10-13/h2-5,8-10,12H,6-7,11H2,1H3,(H,19,21)/t12-/m1/s1. The summed E-state index contributed by atoms with van der Waals surface area (Å²) >= 11 is 6.04. The summed E-state index contributed by atoms with van der Waals surface area (Å²) in [5.41, 5.74) is 0.627. The van der Waals surface area contributed by atoms with Gasteiger partial charge in [-0.1, -0.05) is 23.7 Å². The molecule has 0 spiro atoms. The Morgan fingerprint density at radius 1 is 1.48 bits per heavy atom. The van der Waals surface area contributed by atoms with Crippen molar-refractivity contribution in [3.05, 3.63) is 53.3 Å². The molecule has 1 aliphatic carbocycles.